The Morgan fingerprint density at radius 3 is 1.82 bits per heavy atom. The van der Waals surface area contributed by atoms with Crippen LogP contribution in [-0.2, 0) is 22.7 Å². The van der Waals surface area contributed by atoms with Crippen LogP contribution in [0.25, 0.3) is 16.0 Å². The van der Waals surface area contributed by atoms with Gasteiger partial charge < -0.3 is 29.0 Å². The minimum Gasteiger partial charge on any atom is -0.488 e. The smallest absolute Gasteiger partial charge is 0.488 e. The van der Waals surface area contributed by atoms with E-state index >= 15 is 0 Å². The van der Waals surface area contributed by atoms with Crippen LogP contribution in [0.15, 0.2) is 138 Å². The van der Waals surface area contributed by atoms with Crippen molar-refractivity contribution in [2.75, 3.05) is 13.2 Å². The molecule has 0 saturated carbocycles. The number of carbonyl (C=O) groups is 2. The van der Waals surface area contributed by atoms with Gasteiger partial charge in [-0.1, -0.05) is 101 Å². The Labute approximate surface area is 368 Å². The molecule has 62 heavy (non-hydrogen) atoms. The molecular formula is C50H40BBrN2O8. The van der Waals surface area contributed by atoms with E-state index in [1.807, 2.05) is 84.9 Å². The first kappa shape index (κ1) is 42.3. The van der Waals surface area contributed by atoms with Gasteiger partial charge in [-0.05, 0) is 87.4 Å². The Kier molecular flexibility index (Phi) is 13.1. The second kappa shape index (κ2) is 19.1. The summed E-state index contributed by atoms with van der Waals surface area (Å²) in [7, 11) is -1.50. The van der Waals surface area contributed by atoms with Crippen LogP contribution in [0.5, 0.6) is 11.5 Å². The van der Waals surface area contributed by atoms with Crippen molar-refractivity contribution in [3.05, 3.63) is 188 Å². The molecule has 308 valence electrons. The molecule has 6 aromatic rings. The largest absolute Gasteiger partial charge is 0.488 e. The molecule has 10 nitrogen and oxygen atoms in total. The van der Waals surface area contributed by atoms with Gasteiger partial charge in [-0.25, -0.2) is 4.85 Å². The van der Waals surface area contributed by atoms with Crippen LogP contribution >= 0.6 is 15.9 Å². The number of ether oxygens (including phenoxy) is 4. The highest BCUT2D eigenvalue weighted by Gasteiger charge is 2.37. The van der Waals surface area contributed by atoms with E-state index in [4.69, 9.17) is 40.8 Å². The van der Waals surface area contributed by atoms with E-state index in [0.717, 1.165) is 15.6 Å². The van der Waals surface area contributed by atoms with Gasteiger partial charge in [-0.3, -0.25) is 9.59 Å². The highest BCUT2D eigenvalue weighted by molar-refractivity contribution is 9.10. The van der Waals surface area contributed by atoms with Crippen LogP contribution in [0.2, 0.25) is 0 Å². The van der Waals surface area contributed by atoms with Crippen LogP contribution in [0.3, 0.4) is 0 Å². The maximum atomic E-state index is 13.0. The predicted molar refractivity (Wildman–Crippen MR) is 238 cm³/mol. The van der Waals surface area contributed by atoms with Crippen molar-refractivity contribution in [3.8, 4) is 28.7 Å². The summed E-state index contributed by atoms with van der Waals surface area (Å²) in [5, 5.41) is 25.8. The van der Waals surface area contributed by atoms with Gasteiger partial charge in [0.15, 0.2) is 17.3 Å². The molecular weight excluding hydrogens is 847 g/mol. The third kappa shape index (κ3) is 9.41. The van der Waals surface area contributed by atoms with Crippen LogP contribution in [0, 0.1) is 17.9 Å². The van der Waals surface area contributed by atoms with Crippen molar-refractivity contribution in [1.82, 2.24) is 0 Å². The van der Waals surface area contributed by atoms with E-state index in [-0.39, 0.29) is 35.6 Å². The Bertz CT molecular complexity index is 2730. The third-order valence-corrected chi connectivity index (χ3v) is 11.9. The number of Topliss-reactive ketones (excluding diaryl/α,β-unsaturated/α-hetero) is 2. The summed E-state index contributed by atoms with van der Waals surface area (Å²) in [4.78, 5) is 28.9. The number of fused-ring (bicyclic) bond motifs is 4. The molecule has 4 heterocycles. The van der Waals surface area contributed by atoms with E-state index in [1.54, 1.807) is 24.3 Å². The Balaban J connectivity index is 0.000000141. The monoisotopic (exact) mass is 886 g/mol. The number of hydrogen-bond donors (Lipinski definition) is 2. The molecule has 4 atom stereocenters. The summed E-state index contributed by atoms with van der Waals surface area (Å²) in [6.45, 7) is 9.60. The molecule has 0 aromatic heterocycles. The number of nitrogens with zero attached hydrogens (tertiary/aromatic N) is 2. The summed E-state index contributed by atoms with van der Waals surface area (Å²) in [6, 6.07) is 43.3. The van der Waals surface area contributed by atoms with Crippen LogP contribution in [-0.4, -0.2) is 54.2 Å². The summed E-state index contributed by atoms with van der Waals surface area (Å²) in [6.07, 6.45) is 0.336. The number of rotatable bonds is 4. The van der Waals surface area contributed by atoms with Crippen molar-refractivity contribution in [1.29, 1.82) is 5.26 Å². The maximum Gasteiger partial charge on any atom is 0.488 e. The molecule has 0 fully saturated rings. The zero-order valence-corrected chi connectivity index (χ0v) is 35.0. The average molecular weight is 888 g/mol. The number of benzene rings is 6. The van der Waals surface area contributed by atoms with Gasteiger partial charge in [0.2, 0.25) is 0 Å². The minimum atomic E-state index is -1.50. The Morgan fingerprint density at radius 2 is 1.23 bits per heavy atom. The van der Waals surface area contributed by atoms with Gasteiger partial charge in [0.25, 0.3) is 0 Å². The lowest BCUT2D eigenvalue weighted by Gasteiger charge is -2.35. The number of nitriles is 1. The quantitative estimate of drug-likeness (QED) is 0.131. The zero-order valence-electron chi connectivity index (χ0n) is 33.4. The van der Waals surface area contributed by atoms with E-state index < -0.39 is 7.12 Å². The number of ketones is 2. The molecule has 0 amide bonds. The van der Waals surface area contributed by atoms with Gasteiger partial charge in [0.1, 0.15) is 23.7 Å². The zero-order chi connectivity index (χ0) is 43.2. The summed E-state index contributed by atoms with van der Waals surface area (Å²) in [5.74, 6) is 1.67. The van der Waals surface area contributed by atoms with E-state index in [9.17, 15) is 9.59 Å². The summed E-state index contributed by atoms with van der Waals surface area (Å²) >= 11 is 3.40. The van der Waals surface area contributed by atoms with Crippen molar-refractivity contribution in [3.63, 3.8) is 0 Å². The lowest BCUT2D eigenvalue weighted by atomic mass is 9.80. The maximum absolute atomic E-state index is 13.0. The van der Waals surface area contributed by atoms with Gasteiger partial charge in [-0.2, -0.15) is 5.26 Å². The van der Waals surface area contributed by atoms with Gasteiger partial charge in [-0.15, -0.1) is 0 Å². The van der Waals surface area contributed by atoms with Crippen molar-refractivity contribution >= 4 is 45.8 Å². The molecule has 0 saturated heterocycles. The van der Waals surface area contributed by atoms with Crippen molar-refractivity contribution in [2.24, 2.45) is 0 Å². The molecule has 2 N–H and O–H groups in total. The fourth-order valence-corrected chi connectivity index (χ4v) is 8.62. The van der Waals surface area contributed by atoms with Gasteiger partial charge in [0, 0.05) is 29.2 Å². The van der Waals surface area contributed by atoms with Crippen LogP contribution < -0.4 is 14.9 Å². The molecule has 4 unspecified atom stereocenters. The Morgan fingerprint density at radius 1 is 0.661 bits per heavy atom. The second-order valence-electron chi connectivity index (χ2n) is 15.3. The number of carbonyl (C=O) groups excluding carboxylic acids is 2. The molecule has 4 aliphatic heterocycles. The summed E-state index contributed by atoms with van der Waals surface area (Å²) < 4.78 is 24.8. The standard InChI is InChI=1S/C25H19NO3.C18H15BrO3.C7H6BNO2/c1-26-19-7-4-6-16(11-19)17-9-10-24-21(12-17)23(27)13-25(29-24)22-15-28-14-18-5-2-3-8-20(18)22;19-12-5-6-17-14(7-12)16(20)8-18(22-17)15-10-21-9-11-3-1-2-4-13(11)15;9-5-6-2-1-3-7(4-6)8(10)11/h2-12,22,25H,13-15H2;1-7,15,18H,8-10H2;1-4,10-11H. The summed E-state index contributed by atoms with van der Waals surface area (Å²) in [5.41, 5.74) is 9.27. The molecule has 0 spiro atoms. The van der Waals surface area contributed by atoms with E-state index in [0.29, 0.717) is 78.6 Å². The fraction of sp³-hybridized carbons (Fsp3) is 0.200. The molecule has 4 aliphatic rings. The predicted octanol–water partition coefficient (Wildman–Crippen LogP) is 8.89. The minimum absolute atomic E-state index is 0.0482. The molecule has 0 aliphatic carbocycles. The topological polar surface area (TPSA) is 140 Å². The molecule has 0 radical (unpaired) electrons. The van der Waals surface area contributed by atoms with Crippen LogP contribution in [0.1, 0.15) is 73.2 Å². The number of halogens is 1. The van der Waals surface area contributed by atoms with Crippen molar-refractivity contribution in [2.45, 2.75) is 50.1 Å². The van der Waals surface area contributed by atoms with Gasteiger partial charge in [0.05, 0.1) is 55.8 Å². The normalized spacial score (nSPS) is 19.3. The third-order valence-electron chi connectivity index (χ3n) is 11.4. The van der Waals surface area contributed by atoms with Crippen molar-refractivity contribution < 1.29 is 38.6 Å². The molecule has 12 heteroatoms. The molecule has 6 aromatic carbocycles. The number of hydrogen-bond acceptors (Lipinski definition) is 9. The second-order valence-corrected chi connectivity index (χ2v) is 16.2. The van der Waals surface area contributed by atoms with Crippen LogP contribution in [0.4, 0.5) is 5.69 Å². The lowest BCUT2D eigenvalue weighted by Crippen LogP contribution is -2.36. The highest BCUT2D eigenvalue weighted by atomic mass is 79.9. The first-order chi connectivity index (χ1) is 30.2. The van der Waals surface area contributed by atoms with E-state index in [2.05, 4.69) is 45.0 Å². The lowest BCUT2D eigenvalue weighted by molar-refractivity contribution is 0.0379. The SMILES string of the molecule is N#Cc1cccc(B(O)O)c1.O=C1CC(C2COCc3ccccc32)Oc2ccc(Br)cc21.[C-]#[N+]c1cccc(-c2ccc3c(c2)C(=O)CC(C2COCc4ccccc42)O3)c1. The van der Waals surface area contributed by atoms with Gasteiger partial charge >= 0.3 is 7.12 Å². The Hall–Kier alpha value is -6.38. The average Bonchev–Trinajstić information content (AvgIpc) is 3.31. The molecule has 10 rings (SSSR count). The highest BCUT2D eigenvalue weighted by Crippen LogP contribution is 2.40. The van der Waals surface area contributed by atoms with E-state index in [1.165, 1.54) is 28.3 Å². The fourth-order valence-electron chi connectivity index (χ4n) is 8.26. The first-order valence-corrected chi connectivity index (χ1v) is 21.0. The molecule has 0 bridgehead atoms. The first-order valence-electron chi connectivity index (χ1n) is 20.2.